The molecule has 0 unspecified atom stereocenters. The molecule has 0 heterocycles. The number of hydrogen-bond acceptors (Lipinski definition) is 3. The summed E-state index contributed by atoms with van der Waals surface area (Å²) < 4.78 is 5.58. The van der Waals surface area contributed by atoms with Crippen LogP contribution in [0.15, 0.2) is 48.5 Å². The highest BCUT2D eigenvalue weighted by Crippen LogP contribution is 2.22. The van der Waals surface area contributed by atoms with Crippen molar-refractivity contribution in [2.75, 3.05) is 0 Å². The SMILES string of the molecule is Cc1cc(Cl)ccc1O[C@@H](C)C(=O)NNC(=O)c1ccccc1. The van der Waals surface area contributed by atoms with E-state index in [1.54, 1.807) is 55.5 Å². The van der Waals surface area contributed by atoms with Crippen LogP contribution in [0.2, 0.25) is 5.02 Å². The molecule has 0 saturated heterocycles. The standard InChI is InChI=1S/C17H17ClN2O3/c1-11-10-14(18)8-9-15(11)23-12(2)16(21)19-20-17(22)13-6-4-3-5-7-13/h3-10,12H,1-2H3,(H,19,21)(H,20,22)/t12-/m0/s1. The molecule has 2 aromatic carbocycles. The van der Waals surface area contributed by atoms with Crippen molar-refractivity contribution in [2.24, 2.45) is 0 Å². The number of hydrogen-bond donors (Lipinski definition) is 2. The Bertz CT molecular complexity index is 704. The van der Waals surface area contributed by atoms with Crippen LogP contribution in [0.4, 0.5) is 0 Å². The van der Waals surface area contributed by atoms with Gasteiger partial charge in [0.05, 0.1) is 0 Å². The summed E-state index contributed by atoms with van der Waals surface area (Å²) in [6.07, 6.45) is -0.772. The number of carbonyl (C=O) groups is 2. The number of benzene rings is 2. The Labute approximate surface area is 139 Å². The third-order valence-corrected chi connectivity index (χ3v) is 3.38. The fourth-order valence-corrected chi connectivity index (χ4v) is 2.10. The highest BCUT2D eigenvalue weighted by atomic mass is 35.5. The van der Waals surface area contributed by atoms with Gasteiger partial charge in [0.25, 0.3) is 11.8 Å². The Morgan fingerprint density at radius 1 is 1.09 bits per heavy atom. The van der Waals surface area contributed by atoms with Crippen LogP contribution in [0.1, 0.15) is 22.8 Å². The van der Waals surface area contributed by atoms with Crippen LogP contribution >= 0.6 is 11.6 Å². The van der Waals surface area contributed by atoms with Crippen LogP contribution in [-0.4, -0.2) is 17.9 Å². The molecule has 23 heavy (non-hydrogen) atoms. The van der Waals surface area contributed by atoms with Crippen molar-refractivity contribution in [3.8, 4) is 5.75 Å². The minimum absolute atomic E-state index is 0.395. The van der Waals surface area contributed by atoms with E-state index in [0.29, 0.717) is 16.3 Å². The van der Waals surface area contributed by atoms with Gasteiger partial charge < -0.3 is 4.74 Å². The second kappa shape index (κ2) is 7.65. The number of aryl methyl sites for hydroxylation is 1. The van der Waals surface area contributed by atoms with Gasteiger partial charge in [0.1, 0.15) is 5.75 Å². The zero-order valence-electron chi connectivity index (χ0n) is 12.8. The normalized spacial score (nSPS) is 11.4. The lowest BCUT2D eigenvalue weighted by Gasteiger charge is -2.16. The third-order valence-electron chi connectivity index (χ3n) is 3.15. The van der Waals surface area contributed by atoms with Crippen LogP contribution in [0.5, 0.6) is 5.75 Å². The smallest absolute Gasteiger partial charge is 0.279 e. The molecule has 0 aromatic heterocycles. The van der Waals surface area contributed by atoms with E-state index in [2.05, 4.69) is 10.9 Å². The monoisotopic (exact) mass is 332 g/mol. The van der Waals surface area contributed by atoms with Crippen molar-refractivity contribution in [1.82, 2.24) is 10.9 Å². The Hall–Kier alpha value is -2.53. The summed E-state index contributed by atoms with van der Waals surface area (Å²) in [7, 11) is 0. The quantitative estimate of drug-likeness (QED) is 0.846. The number of carbonyl (C=O) groups excluding carboxylic acids is 2. The van der Waals surface area contributed by atoms with E-state index in [4.69, 9.17) is 16.3 Å². The Kier molecular flexibility index (Phi) is 5.60. The fourth-order valence-electron chi connectivity index (χ4n) is 1.87. The van der Waals surface area contributed by atoms with Gasteiger partial charge in [-0.2, -0.15) is 0 Å². The van der Waals surface area contributed by atoms with Crippen molar-refractivity contribution in [2.45, 2.75) is 20.0 Å². The lowest BCUT2D eigenvalue weighted by molar-refractivity contribution is -0.128. The molecule has 0 spiro atoms. The summed E-state index contributed by atoms with van der Waals surface area (Å²) >= 11 is 5.88. The number of halogens is 1. The van der Waals surface area contributed by atoms with Gasteiger partial charge in [-0.3, -0.25) is 20.4 Å². The molecular weight excluding hydrogens is 316 g/mol. The van der Waals surface area contributed by atoms with E-state index in [0.717, 1.165) is 5.56 Å². The molecule has 2 aromatic rings. The van der Waals surface area contributed by atoms with Gasteiger partial charge in [-0.15, -0.1) is 0 Å². The Morgan fingerprint density at radius 3 is 2.43 bits per heavy atom. The molecule has 0 aliphatic heterocycles. The molecule has 6 heteroatoms. The maximum atomic E-state index is 12.0. The third kappa shape index (κ3) is 4.72. The average molecular weight is 333 g/mol. The number of nitrogens with one attached hydrogen (secondary N) is 2. The first-order valence-electron chi connectivity index (χ1n) is 7.05. The first kappa shape index (κ1) is 16.8. The largest absolute Gasteiger partial charge is 0.481 e. The van der Waals surface area contributed by atoms with Gasteiger partial charge >= 0.3 is 0 Å². The average Bonchev–Trinajstić information content (AvgIpc) is 2.55. The lowest BCUT2D eigenvalue weighted by Crippen LogP contribution is -2.47. The molecule has 0 aliphatic rings. The van der Waals surface area contributed by atoms with Gasteiger partial charge in [0.2, 0.25) is 0 Å². The van der Waals surface area contributed by atoms with E-state index >= 15 is 0 Å². The molecule has 2 amide bonds. The van der Waals surface area contributed by atoms with Crippen LogP contribution < -0.4 is 15.6 Å². The minimum Gasteiger partial charge on any atom is -0.481 e. The molecule has 1 atom stereocenters. The molecule has 0 aliphatic carbocycles. The van der Waals surface area contributed by atoms with E-state index in [1.165, 1.54) is 0 Å². The molecule has 0 fully saturated rings. The van der Waals surface area contributed by atoms with E-state index in [9.17, 15) is 9.59 Å². The molecule has 0 saturated carbocycles. The van der Waals surface area contributed by atoms with Crippen LogP contribution in [0.3, 0.4) is 0 Å². The van der Waals surface area contributed by atoms with Gasteiger partial charge in [-0.05, 0) is 49.7 Å². The van der Waals surface area contributed by atoms with Gasteiger partial charge in [-0.1, -0.05) is 29.8 Å². The van der Waals surface area contributed by atoms with Crippen LogP contribution in [0.25, 0.3) is 0 Å². The van der Waals surface area contributed by atoms with Crippen molar-refractivity contribution in [3.63, 3.8) is 0 Å². The second-order valence-corrected chi connectivity index (χ2v) is 5.42. The number of ether oxygens (including phenoxy) is 1. The molecule has 5 nitrogen and oxygen atoms in total. The second-order valence-electron chi connectivity index (χ2n) is 4.98. The van der Waals surface area contributed by atoms with E-state index in [1.807, 2.05) is 6.92 Å². The zero-order valence-corrected chi connectivity index (χ0v) is 13.6. The summed E-state index contributed by atoms with van der Waals surface area (Å²) in [5.41, 5.74) is 5.97. The van der Waals surface area contributed by atoms with Crippen LogP contribution in [0, 0.1) is 6.92 Å². The summed E-state index contributed by atoms with van der Waals surface area (Å²) in [5, 5.41) is 0.599. The van der Waals surface area contributed by atoms with E-state index < -0.39 is 17.9 Å². The predicted octanol–water partition coefficient (Wildman–Crippen LogP) is 2.88. The van der Waals surface area contributed by atoms with Crippen molar-refractivity contribution < 1.29 is 14.3 Å². The van der Waals surface area contributed by atoms with Crippen molar-refractivity contribution in [3.05, 3.63) is 64.7 Å². The lowest BCUT2D eigenvalue weighted by atomic mass is 10.2. The highest BCUT2D eigenvalue weighted by Gasteiger charge is 2.16. The minimum atomic E-state index is -0.772. The summed E-state index contributed by atoms with van der Waals surface area (Å²) in [5.74, 6) is -0.288. The van der Waals surface area contributed by atoms with Gasteiger partial charge in [0, 0.05) is 10.6 Å². The summed E-state index contributed by atoms with van der Waals surface area (Å²) in [6, 6.07) is 13.7. The number of hydrazine groups is 1. The zero-order chi connectivity index (χ0) is 16.8. The molecule has 0 radical (unpaired) electrons. The number of amides is 2. The molecule has 2 N–H and O–H groups in total. The first-order chi connectivity index (χ1) is 11.0. The fraction of sp³-hybridized carbons (Fsp3) is 0.176. The summed E-state index contributed by atoms with van der Waals surface area (Å²) in [6.45, 7) is 3.43. The molecule has 0 bridgehead atoms. The van der Waals surface area contributed by atoms with Crippen molar-refractivity contribution in [1.29, 1.82) is 0 Å². The van der Waals surface area contributed by atoms with Crippen molar-refractivity contribution >= 4 is 23.4 Å². The van der Waals surface area contributed by atoms with Crippen LogP contribution in [-0.2, 0) is 4.79 Å². The molecule has 120 valence electrons. The topological polar surface area (TPSA) is 67.4 Å². The predicted molar refractivity (Wildman–Crippen MR) is 88.3 cm³/mol. The molecule has 2 rings (SSSR count). The highest BCUT2D eigenvalue weighted by molar-refractivity contribution is 6.30. The van der Waals surface area contributed by atoms with Gasteiger partial charge in [0.15, 0.2) is 6.10 Å². The maximum Gasteiger partial charge on any atom is 0.279 e. The number of rotatable bonds is 4. The summed E-state index contributed by atoms with van der Waals surface area (Å²) in [4.78, 5) is 23.8. The van der Waals surface area contributed by atoms with E-state index in [-0.39, 0.29) is 0 Å². The maximum absolute atomic E-state index is 12.0. The molecular formula is C17H17ClN2O3. The Morgan fingerprint density at radius 2 is 1.78 bits per heavy atom. The van der Waals surface area contributed by atoms with Gasteiger partial charge in [-0.25, -0.2) is 0 Å². The Balaban J connectivity index is 1.89. The first-order valence-corrected chi connectivity index (χ1v) is 7.43.